The van der Waals surface area contributed by atoms with Crippen LogP contribution in [0.15, 0.2) is 30.3 Å². The number of carbonyl (C=O) groups is 2. The zero-order chi connectivity index (χ0) is 15.9. The molecule has 120 valence electrons. The number of nitrogens with zero attached hydrogens (tertiary/aromatic N) is 1. The maximum Gasteiger partial charge on any atom is 0.310 e. The molecule has 5 nitrogen and oxygen atoms in total. The number of methoxy groups -OCH3 is 1. The van der Waals surface area contributed by atoms with E-state index in [0.717, 1.165) is 18.6 Å². The number of ether oxygens (including phenoxy) is 2. The highest BCUT2D eigenvalue weighted by Gasteiger charge is 2.34. The van der Waals surface area contributed by atoms with Gasteiger partial charge in [-0.05, 0) is 25.0 Å². The van der Waals surface area contributed by atoms with Crippen molar-refractivity contribution < 1.29 is 19.1 Å². The van der Waals surface area contributed by atoms with Gasteiger partial charge in [0.2, 0.25) is 5.91 Å². The van der Waals surface area contributed by atoms with Gasteiger partial charge in [-0.1, -0.05) is 25.1 Å². The second-order valence-electron chi connectivity index (χ2n) is 5.61. The lowest BCUT2D eigenvalue weighted by molar-refractivity contribution is -0.146. The molecule has 0 aromatic heterocycles. The van der Waals surface area contributed by atoms with Gasteiger partial charge in [0.1, 0.15) is 5.75 Å². The van der Waals surface area contributed by atoms with Gasteiger partial charge in [-0.15, -0.1) is 0 Å². The molecule has 0 bridgehead atoms. The van der Waals surface area contributed by atoms with Crippen LogP contribution in [0.1, 0.15) is 26.2 Å². The van der Waals surface area contributed by atoms with Crippen molar-refractivity contribution in [1.82, 2.24) is 4.90 Å². The number of esters is 1. The van der Waals surface area contributed by atoms with Gasteiger partial charge in [-0.3, -0.25) is 9.59 Å². The Kier molecular flexibility index (Phi) is 5.81. The van der Waals surface area contributed by atoms with E-state index in [0.29, 0.717) is 19.6 Å². The highest BCUT2D eigenvalue weighted by atomic mass is 16.5. The van der Waals surface area contributed by atoms with Crippen molar-refractivity contribution >= 4 is 11.9 Å². The summed E-state index contributed by atoms with van der Waals surface area (Å²) in [4.78, 5) is 25.7. The van der Waals surface area contributed by atoms with Gasteiger partial charge in [0.25, 0.3) is 0 Å². The Hall–Kier alpha value is -2.04. The van der Waals surface area contributed by atoms with Gasteiger partial charge >= 0.3 is 5.97 Å². The topological polar surface area (TPSA) is 55.8 Å². The molecule has 0 spiro atoms. The molecule has 1 aromatic carbocycles. The second kappa shape index (κ2) is 7.82. The molecule has 0 aliphatic heterocycles. The Balaban J connectivity index is 1.81. The molecule has 0 saturated heterocycles. The standard InChI is InChI=1S/C17H23NO4/c1-13(17(20)21-2)12-18(14-8-9-14)16(19)10-11-22-15-6-4-3-5-7-15/h3-7,13-14H,8-12H2,1-2H3. The van der Waals surface area contributed by atoms with Crippen molar-refractivity contribution in [3.8, 4) is 5.75 Å². The number of hydrogen-bond donors (Lipinski definition) is 0. The van der Waals surface area contributed by atoms with Crippen LogP contribution in [0.3, 0.4) is 0 Å². The molecule has 1 amide bonds. The Morgan fingerprint density at radius 3 is 2.55 bits per heavy atom. The fraction of sp³-hybridized carbons (Fsp3) is 0.529. The number of hydrogen-bond acceptors (Lipinski definition) is 4. The van der Waals surface area contributed by atoms with Crippen LogP contribution >= 0.6 is 0 Å². The van der Waals surface area contributed by atoms with E-state index in [1.165, 1.54) is 7.11 Å². The third-order valence-electron chi connectivity index (χ3n) is 3.71. The van der Waals surface area contributed by atoms with Crippen molar-refractivity contribution in [2.24, 2.45) is 5.92 Å². The molecule has 0 heterocycles. The minimum absolute atomic E-state index is 0.0363. The van der Waals surface area contributed by atoms with Crippen LogP contribution in [0.2, 0.25) is 0 Å². The third kappa shape index (κ3) is 4.76. The molecule has 1 unspecified atom stereocenters. The first-order valence-electron chi connectivity index (χ1n) is 7.67. The molecule has 0 radical (unpaired) electrons. The van der Waals surface area contributed by atoms with E-state index in [-0.39, 0.29) is 23.8 Å². The molecule has 1 aliphatic rings. The molecule has 2 rings (SSSR count). The van der Waals surface area contributed by atoms with Crippen LogP contribution in [0.5, 0.6) is 5.75 Å². The molecule has 1 aromatic rings. The van der Waals surface area contributed by atoms with Crippen molar-refractivity contribution in [1.29, 1.82) is 0 Å². The SMILES string of the molecule is COC(=O)C(C)CN(C(=O)CCOc1ccccc1)C1CC1. The first-order valence-corrected chi connectivity index (χ1v) is 7.67. The van der Waals surface area contributed by atoms with Crippen molar-refractivity contribution in [3.63, 3.8) is 0 Å². The first-order chi connectivity index (χ1) is 10.6. The monoisotopic (exact) mass is 305 g/mol. The summed E-state index contributed by atoms with van der Waals surface area (Å²) in [5.74, 6) is 0.217. The summed E-state index contributed by atoms with van der Waals surface area (Å²) < 4.78 is 10.3. The largest absolute Gasteiger partial charge is 0.493 e. The fourth-order valence-electron chi connectivity index (χ4n) is 2.33. The van der Waals surface area contributed by atoms with E-state index in [1.807, 2.05) is 30.3 Å². The predicted octanol–water partition coefficient (Wildman–Crippen LogP) is 2.26. The molecule has 1 aliphatic carbocycles. The molecule has 0 N–H and O–H groups in total. The maximum absolute atomic E-state index is 12.4. The van der Waals surface area contributed by atoms with Crippen LogP contribution < -0.4 is 4.74 Å². The number of amides is 1. The van der Waals surface area contributed by atoms with Crippen molar-refractivity contribution in [3.05, 3.63) is 30.3 Å². The molecule has 1 atom stereocenters. The molecule has 1 fully saturated rings. The summed E-state index contributed by atoms with van der Waals surface area (Å²) in [7, 11) is 1.37. The van der Waals surface area contributed by atoms with Crippen molar-refractivity contribution in [2.45, 2.75) is 32.2 Å². The molecule has 1 saturated carbocycles. The summed E-state index contributed by atoms with van der Waals surface area (Å²) in [5, 5.41) is 0. The Morgan fingerprint density at radius 1 is 1.27 bits per heavy atom. The van der Waals surface area contributed by atoms with Gasteiger partial charge < -0.3 is 14.4 Å². The number of para-hydroxylation sites is 1. The van der Waals surface area contributed by atoms with E-state index < -0.39 is 0 Å². The third-order valence-corrected chi connectivity index (χ3v) is 3.71. The molecular formula is C17H23NO4. The molecule has 5 heteroatoms. The minimum Gasteiger partial charge on any atom is -0.493 e. The Labute approximate surface area is 131 Å². The van der Waals surface area contributed by atoms with Crippen LogP contribution in [-0.4, -0.2) is 43.1 Å². The highest BCUT2D eigenvalue weighted by Crippen LogP contribution is 2.28. The van der Waals surface area contributed by atoms with Crippen LogP contribution in [-0.2, 0) is 14.3 Å². The zero-order valence-electron chi connectivity index (χ0n) is 13.2. The van der Waals surface area contributed by atoms with Gasteiger partial charge in [0.15, 0.2) is 0 Å². The minimum atomic E-state index is -0.301. The summed E-state index contributed by atoms with van der Waals surface area (Å²) in [6.45, 7) is 2.55. The lowest BCUT2D eigenvalue weighted by Crippen LogP contribution is -2.39. The lowest BCUT2D eigenvalue weighted by Gasteiger charge is -2.25. The second-order valence-corrected chi connectivity index (χ2v) is 5.61. The van der Waals surface area contributed by atoms with Crippen LogP contribution in [0.25, 0.3) is 0 Å². The Bertz CT molecular complexity index is 499. The maximum atomic E-state index is 12.4. The molecule has 22 heavy (non-hydrogen) atoms. The van der Waals surface area contributed by atoms with Crippen molar-refractivity contribution in [2.75, 3.05) is 20.3 Å². The normalized spacial score (nSPS) is 15.0. The quantitative estimate of drug-likeness (QED) is 0.691. The smallest absolute Gasteiger partial charge is 0.310 e. The Morgan fingerprint density at radius 2 is 1.95 bits per heavy atom. The summed E-state index contributed by atoms with van der Waals surface area (Å²) in [5.41, 5.74) is 0. The zero-order valence-corrected chi connectivity index (χ0v) is 13.2. The van der Waals surface area contributed by atoms with E-state index >= 15 is 0 Å². The summed E-state index contributed by atoms with van der Waals surface area (Å²) in [6.07, 6.45) is 2.34. The number of rotatable bonds is 8. The highest BCUT2D eigenvalue weighted by molar-refractivity contribution is 5.78. The first kappa shape index (κ1) is 16.3. The molecular weight excluding hydrogens is 282 g/mol. The van der Waals surface area contributed by atoms with Gasteiger partial charge in [-0.25, -0.2) is 0 Å². The van der Waals surface area contributed by atoms with E-state index in [2.05, 4.69) is 0 Å². The lowest BCUT2D eigenvalue weighted by atomic mass is 10.1. The average Bonchev–Trinajstić information content (AvgIpc) is 3.37. The summed E-state index contributed by atoms with van der Waals surface area (Å²) >= 11 is 0. The van der Waals surface area contributed by atoms with E-state index in [9.17, 15) is 9.59 Å². The van der Waals surface area contributed by atoms with E-state index in [4.69, 9.17) is 9.47 Å². The number of benzene rings is 1. The van der Waals surface area contributed by atoms with Crippen LogP contribution in [0, 0.1) is 5.92 Å². The average molecular weight is 305 g/mol. The fourth-order valence-corrected chi connectivity index (χ4v) is 2.33. The van der Waals surface area contributed by atoms with Gasteiger partial charge in [0, 0.05) is 12.6 Å². The van der Waals surface area contributed by atoms with Gasteiger partial charge in [0.05, 0.1) is 26.1 Å². The van der Waals surface area contributed by atoms with Gasteiger partial charge in [-0.2, -0.15) is 0 Å². The van der Waals surface area contributed by atoms with E-state index in [1.54, 1.807) is 11.8 Å². The summed E-state index contributed by atoms with van der Waals surface area (Å²) in [6, 6.07) is 9.71. The predicted molar refractivity (Wildman–Crippen MR) is 82.5 cm³/mol. The number of carbonyl (C=O) groups excluding carboxylic acids is 2. The van der Waals surface area contributed by atoms with Crippen LogP contribution in [0.4, 0.5) is 0 Å².